The summed E-state index contributed by atoms with van der Waals surface area (Å²) in [5.74, 6) is 2.59. The molecule has 0 aromatic rings. The van der Waals surface area contributed by atoms with Crippen molar-refractivity contribution >= 4 is 5.91 Å². The minimum atomic E-state index is 0.175. The van der Waals surface area contributed by atoms with Crippen LogP contribution in [-0.4, -0.2) is 49.1 Å². The monoisotopic (exact) mass is 1050 g/mol. The van der Waals surface area contributed by atoms with E-state index in [2.05, 4.69) is 231 Å². The second kappa shape index (κ2) is 78.3. The summed E-state index contributed by atoms with van der Waals surface area (Å²) in [5, 5.41) is 10.0. The molecule has 0 radical (unpaired) electrons. The smallest absolute Gasteiger partial charge is 0.223 e. The van der Waals surface area contributed by atoms with Gasteiger partial charge in [-0.05, 0) is 123 Å². The molecular weight excluding hydrogens is 901 g/mol. The quantitative estimate of drug-likeness (QED) is 0.0575. The van der Waals surface area contributed by atoms with Gasteiger partial charge in [0.05, 0.1) is 6.04 Å². The van der Waals surface area contributed by atoms with Gasteiger partial charge in [0.2, 0.25) is 5.91 Å². The highest BCUT2D eigenvalue weighted by Crippen LogP contribution is 2.27. The first-order chi connectivity index (χ1) is 34.4. The number of amides is 1. The number of nitrogens with zero attached hydrogens (tertiary/aromatic N) is 1. The molecule has 6 atom stereocenters. The van der Waals surface area contributed by atoms with Gasteiger partial charge >= 0.3 is 0 Å². The second-order valence-corrected chi connectivity index (χ2v) is 20.2. The van der Waals surface area contributed by atoms with Crippen LogP contribution < -0.4 is 16.0 Å². The molecule has 74 heavy (non-hydrogen) atoms. The predicted molar refractivity (Wildman–Crippen MR) is 357 cm³/mol. The maximum absolute atomic E-state index is 12.6. The third kappa shape index (κ3) is 94.3. The van der Waals surface area contributed by atoms with Crippen molar-refractivity contribution in [2.75, 3.05) is 26.2 Å². The van der Waals surface area contributed by atoms with E-state index >= 15 is 0 Å². The lowest BCUT2D eigenvalue weighted by atomic mass is 9.81. The highest BCUT2D eigenvalue weighted by molar-refractivity contribution is 5.78. The van der Waals surface area contributed by atoms with E-state index in [-0.39, 0.29) is 17.2 Å². The van der Waals surface area contributed by atoms with Gasteiger partial charge < -0.3 is 20.9 Å². The highest BCUT2D eigenvalue weighted by atomic mass is 16.1. The molecule has 0 aliphatic carbocycles. The summed E-state index contributed by atoms with van der Waals surface area (Å²) in [6.07, 6.45) is 18.0. The number of nitrogens with one attached hydrogen (secondary N) is 3. The van der Waals surface area contributed by atoms with Crippen LogP contribution in [0.3, 0.4) is 0 Å². The van der Waals surface area contributed by atoms with Gasteiger partial charge in [0, 0.05) is 36.4 Å². The standard InChI is InChI=1S/C19H40N2O.C11H21N.C10H19N.C8H18.C4H6.C3H8.2C3H6.2C2H6.2C2H4/c1-7-15(5)13-17(9-3)19(22)21-18(11-12-20-10-4)14-16(6)8-2;1-8(2)10(11(5,6)7)12-9(3)4;1-6-11(10(4)5)8-7-9(2)3;1-6-7(2)8(3,4)5;1-3-4-2;3*1-3-2;4*1-2/h15-18,20H,7-14H2,1-6H3,(H,21,22);10,12H,1,3H2,2,4-7H3;7H,4,6,8H2,1-3,5H3;7H,6H2,1-5H3;3-4H,1-2H2;3H2,1-2H3;2*3H,1H2,2H3;2*1-2H3;2*1-2H2. The molecule has 5 heteroatoms. The summed E-state index contributed by atoms with van der Waals surface area (Å²) < 4.78 is 0. The summed E-state index contributed by atoms with van der Waals surface area (Å²) in [6, 6.07) is 0.627. The van der Waals surface area contributed by atoms with Crippen LogP contribution >= 0.6 is 0 Å². The Morgan fingerprint density at radius 2 is 0.986 bits per heavy atom. The number of carbonyl (C=O) groups excluding carboxylic acids is 1. The molecule has 0 bridgehead atoms. The molecule has 1 amide bonds. The molecule has 0 spiro atoms. The SMILES string of the molecule is C=C.C=C.C=C(C)N(CC)CC=C(C)C.C=C(C)NC(C(=C)C)C(C)(C)C.C=CC.C=CC.C=CC=C.CC.CC.CCC.CCC(C)C(C)(C)C.CCNCCC(CC(C)CC)NC(=O)C(CC)CC(C)CC. The molecular formula is C69H144N4O. The van der Waals surface area contributed by atoms with Crippen LogP contribution in [0, 0.1) is 34.5 Å². The lowest BCUT2D eigenvalue weighted by Gasteiger charge is -2.32. The Balaban J connectivity index is -0.0000000638. The van der Waals surface area contributed by atoms with E-state index in [1.165, 1.54) is 24.8 Å². The van der Waals surface area contributed by atoms with Gasteiger partial charge in [0.1, 0.15) is 0 Å². The third-order valence-corrected chi connectivity index (χ3v) is 10.5. The van der Waals surface area contributed by atoms with E-state index in [0.717, 1.165) is 81.2 Å². The number of carbonyl (C=O) groups is 1. The lowest BCUT2D eigenvalue weighted by Crippen LogP contribution is -2.41. The number of hydrogen-bond donors (Lipinski definition) is 3. The van der Waals surface area contributed by atoms with Crippen LogP contribution in [0.5, 0.6) is 0 Å². The molecule has 446 valence electrons. The van der Waals surface area contributed by atoms with Crippen LogP contribution in [-0.2, 0) is 4.79 Å². The van der Waals surface area contributed by atoms with Crippen LogP contribution in [0.2, 0.25) is 0 Å². The molecule has 0 saturated heterocycles. The Kier molecular flexibility index (Phi) is 105. The highest BCUT2D eigenvalue weighted by Gasteiger charge is 2.25. The van der Waals surface area contributed by atoms with Crippen LogP contribution in [0.1, 0.15) is 245 Å². The maximum Gasteiger partial charge on any atom is 0.223 e. The zero-order valence-electron chi connectivity index (χ0n) is 56.5. The van der Waals surface area contributed by atoms with Crippen molar-refractivity contribution in [3.05, 3.63) is 125 Å². The Labute approximate surface area is 472 Å². The Bertz CT molecular complexity index is 1200. The topological polar surface area (TPSA) is 56.4 Å². The average molecular weight is 1050 g/mol. The fraction of sp³-hybridized carbons (Fsp3) is 0.696. The van der Waals surface area contributed by atoms with Gasteiger partial charge in [-0.15, -0.1) is 39.5 Å². The molecule has 0 aliphatic rings. The summed E-state index contributed by atoms with van der Waals surface area (Å²) >= 11 is 0. The summed E-state index contributed by atoms with van der Waals surface area (Å²) in [5.41, 5.74) is 5.37. The molecule has 3 N–H and O–H groups in total. The number of rotatable bonds is 22. The molecule has 6 unspecified atom stereocenters. The van der Waals surface area contributed by atoms with E-state index in [0.29, 0.717) is 29.3 Å². The van der Waals surface area contributed by atoms with Crippen molar-refractivity contribution in [1.82, 2.24) is 20.9 Å². The molecule has 0 aromatic carbocycles. The molecule has 0 rings (SSSR count). The molecule has 0 fully saturated rings. The maximum atomic E-state index is 12.6. The van der Waals surface area contributed by atoms with Crippen LogP contribution in [0.25, 0.3) is 0 Å². The molecule has 0 saturated carbocycles. The second-order valence-electron chi connectivity index (χ2n) is 20.2. The lowest BCUT2D eigenvalue weighted by molar-refractivity contribution is -0.126. The first-order valence-corrected chi connectivity index (χ1v) is 28.9. The zero-order valence-corrected chi connectivity index (χ0v) is 56.5. The first-order valence-electron chi connectivity index (χ1n) is 28.9. The van der Waals surface area contributed by atoms with Gasteiger partial charge in [0.15, 0.2) is 0 Å². The fourth-order valence-electron chi connectivity index (χ4n) is 5.57. The largest absolute Gasteiger partial charge is 0.382 e. The van der Waals surface area contributed by atoms with E-state index in [1.807, 2.05) is 62.3 Å². The molecule has 0 aromatic heterocycles. The number of allylic oxidation sites excluding steroid dienone is 7. The fourth-order valence-corrected chi connectivity index (χ4v) is 5.57. The molecule has 5 nitrogen and oxygen atoms in total. The normalized spacial score (nSPS) is 11.5. The number of likely N-dealkylation sites (N-methyl/N-ethyl adjacent to an activating group) is 1. The zero-order chi connectivity index (χ0) is 62.1. The van der Waals surface area contributed by atoms with Gasteiger partial charge in [-0.1, -0.05) is 239 Å². The first kappa shape index (κ1) is 99.4. The van der Waals surface area contributed by atoms with Crippen molar-refractivity contribution in [1.29, 1.82) is 0 Å². The Morgan fingerprint density at radius 1 is 0.608 bits per heavy atom. The average Bonchev–Trinajstić information content (AvgIpc) is 3.35. The minimum absolute atomic E-state index is 0.175. The van der Waals surface area contributed by atoms with Crippen molar-refractivity contribution in [2.45, 2.75) is 257 Å². The van der Waals surface area contributed by atoms with Crippen molar-refractivity contribution < 1.29 is 4.79 Å². The van der Waals surface area contributed by atoms with Gasteiger partial charge in [0.25, 0.3) is 0 Å². The van der Waals surface area contributed by atoms with Crippen molar-refractivity contribution in [2.24, 2.45) is 34.5 Å². The Hall–Kier alpha value is -3.57. The minimum Gasteiger partial charge on any atom is -0.382 e. The number of hydrogen-bond acceptors (Lipinski definition) is 4. The molecule has 0 heterocycles. The van der Waals surface area contributed by atoms with Crippen LogP contribution in [0.4, 0.5) is 0 Å². The van der Waals surface area contributed by atoms with Crippen molar-refractivity contribution in [3.63, 3.8) is 0 Å². The van der Waals surface area contributed by atoms with Crippen molar-refractivity contribution in [3.8, 4) is 0 Å². The van der Waals surface area contributed by atoms with E-state index in [9.17, 15) is 4.79 Å². The summed E-state index contributed by atoms with van der Waals surface area (Å²) in [4.78, 5) is 14.9. The summed E-state index contributed by atoms with van der Waals surface area (Å²) in [6.45, 7) is 101. The third-order valence-electron chi connectivity index (χ3n) is 10.5. The van der Waals surface area contributed by atoms with E-state index in [1.54, 1.807) is 24.3 Å². The van der Waals surface area contributed by atoms with E-state index < -0.39 is 0 Å². The van der Waals surface area contributed by atoms with Gasteiger partial charge in [-0.3, -0.25) is 4.79 Å². The summed E-state index contributed by atoms with van der Waals surface area (Å²) in [7, 11) is 0. The van der Waals surface area contributed by atoms with Crippen LogP contribution in [0.15, 0.2) is 125 Å². The predicted octanol–water partition coefficient (Wildman–Crippen LogP) is 22.2. The van der Waals surface area contributed by atoms with E-state index in [4.69, 9.17) is 0 Å². The van der Waals surface area contributed by atoms with Gasteiger partial charge in [-0.2, -0.15) is 0 Å². The Morgan fingerprint density at radius 3 is 1.19 bits per heavy atom. The van der Waals surface area contributed by atoms with Gasteiger partial charge in [-0.25, -0.2) is 0 Å². The molecule has 0 aliphatic heterocycles.